The van der Waals surface area contributed by atoms with Gasteiger partial charge in [0.15, 0.2) is 0 Å². The van der Waals surface area contributed by atoms with Gasteiger partial charge in [-0.1, -0.05) is 61.9 Å². The van der Waals surface area contributed by atoms with E-state index in [1.807, 2.05) is 0 Å². The van der Waals surface area contributed by atoms with Crippen LogP contribution in [0.3, 0.4) is 0 Å². The Kier molecular flexibility index (Phi) is 4.49. The van der Waals surface area contributed by atoms with Gasteiger partial charge in [0.25, 0.3) is 0 Å². The molecule has 0 saturated heterocycles. The molecule has 106 valence electrons. The van der Waals surface area contributed by atoms with Gasteiger partial charge in [0, 0.05) is 13.1 Å². The van der Waals surface area contributed by atoms with Crippen molar-refractivity contribution >= 4 is 13.3 Å². The molecule has 0 amide bonds. The number of aliphatic hydroxyl groups is 1. The van der Waals surface area contributed by atoms with Crippen LogP contribution in [0, 0.1) is 0 Å². The largest absolute Gasteiger partial charge is 0.389 e. The zero-order valence-electron chi connectivity index (χ0n) is 12.5. The molecule has 2 rings (SSSR count). The Bertz CT molecular complexity index is 402. The number of hydrogen-bond donors (Lipinski definition) is 2. The highest BCUT2D eigenvalue weighted by Crippen LogP contribution is 2.28. The lowest BCUT2D eigenvalue weighted by Gasteiger charge is -2.22. The Morgan fingerprint density at radius 3 is 2.21 bits per heavy atom. The summed E-state index contributed by atoms with van der Waals surface area (Å²) in [5.74, 6) is 0. The van der Waals surface area contributed by atoms with Crippen molar-refractivity contribution in [1.82, 2.24) is 5.32 Å². The third kappa shape index (κ3) is 4.16. The zero-order chi connectivity index (χ0) is 13.9. The van der Waals surface area contributed by atoms with Gasteiger partial charge in [-0.15, -0.1) is 0 Å². The lowest BCUT2D eigenvalue weighted by molar-refractivity contribution is 0.0475. The molecule has 2 N–H and O–H groups in total. The summed E-state index contributed by atoms with van der Waals surface area (Å²) in [6.07, 6.45) is 4.25. The van der Waals surface area contributed by atoms with Crippen molar-refractivity contribution in [3.8, 4) is 0 Å². The highest BCUT2D eigenvalue weighted by Gasteiger charge is 2.30. The molecular formula is C16H27NOSi. The van der Waals surface area contributed by atoms with E-state index >= 15 is 0 Å². The Labute approximate surface area is 118 Å². The predicted octanol–water partition coefficient (Wildman–Crippen LogP) is 2.63. The summed E-state index contributed by atoms with van der Waals surface area (Å²) in [6, 6.07) is 8.99. The van der Waals surface area contributed by atoms with Crippen LogP contribution >= 0.6 is 0 Å². The van der Waals surface area contributed by atoms with Crippen LogP contribution < -0.4 is 10.5 Å². The lowest BCUT2D eigenvalue weighted by Crippen LogP contribution is -2.38. The van der Waals surface area contributed by atoms with Crippen LogP contribution in [-0.2, 0) is 6.54 Å². The molecule has 0 aliphatic heterocycles. The van der Waals surface area contributed by atoms with Crippen LogP contribution in [0.1, 0.15) is 31.2 Å². The van der Waals surface area contributed by atoms with Crippen LogP contribution in [0.2, 0.25) is 19.6 Å². The molecule has 1 aliphatic carbocycles. The molecule has 0 atom stereocenters. The van der Waals surface area contributed by atoms with Crippen LogP contribution in [-0.4, -0.2) is 25.3 Å². The number of hydrogen-bond acceptors (Lipinski definition) is 2. The summed E-state index contributed by atoms with van der Waals surface area (Å²) in [5, 5.41) is 15.2. The van der Waals surface area contributed by atoms with Crippen molar-refractivity contribution in [3.63, 3.8) is 0 Å². The Hall–Kier alpha value is -0.643. The maximum atomic E-state index is 10.3. The minimum absolute atomic E-state index is 0.446. The Balaban J connectivity index is 1.83. The molecule has 1 aromatic carbocycles. The first-order valence-corrected chi connectivity index (χ1v) is 10.9. The molecule has 0 unspecified atom stereocenters. The molecule has 0 heterocycles. The highest BCUT2D eigenvalue weighted by molar-refractivity contribution is 6.88. The fourth-order valence-corrected chi connectivity index (χ4v) is 3.94. The maximum Gasteiger partial charge on any atom is 0.0775 e. The van der Waals surface area contributed by atoms with Gasteiger partial charge >= 0.3 is 0 Å². The smallest absolute Gasteiger partial charge is 0.0775 e. The van der Waals surface area contributed by atoms with E-state index in [2.05, 4.69) is 49.2 Å². The van der Waals surface area contributed by atoms with Gasteiger partial charge < -0.3 is 10.4 Å². The van der Waals surface area contributed by atoms with E-state index in [1.54, 1.807) is 0 Å². The maximum absolute atomic E-state index is 10.3. The molecule has 2 nitrogen and oxygen atoms in total. The number of benzene rings is 1. The van der Waals surface area contributed by atoms with Gasteiger partial charge in [0.1, 0.15) is 0 Å². The summed E-state index contributed by atoms with van der Waals surface area (Å²) in [7, 11) is -1.18. The molecule has 1 fully saturated rings. The van der Waals surface area contributed by atoms with Crippen LogP contribution in [0.5, 0.6) is 0 Å². The van der Waals surface area contributed by atoms with E-state index in [4.69, 9.17) is 0 Å². The summed E-state index contributed by atoms with van der Waals surface area (Å²) in [4.78, 5) is 0. The molecule has 0 radical (unpaired) electrons. The van der Waals surface area contributed by atoms with Crippen molar-refractivity contribution in [1.29, 1.82) is 0 Å². The molecule has 3 heteroatoms. The quantitative estimate of drug-likeness (QED) is 0.811. The fraction of sp³-hybridized carbons (Fsp3) is 0.625. The minimum Gasteiger partial charge on any atom is -0.389 e. The summed E-state index contributed by atoms with van der Waals surface area (Å²) < 4.78 is 0. The summed E-state index contributed by atoms with van der Waals surface area (Å²) >= 11 is 0. The second kappa shape index (κ2) is 5.78. The fourth-order valence-electron chi connectivity index (χ4n) is 2.77. The molecular weight excluding hydrogens is 250 g/mol. The van der Waals surface area contributed by atoms with Crippen molar-refractivity contribution in [2.45, 2.75) is 57.5 Å². The number of rotatable bonds is 5. The molecule has 0 aromatic heterocycles. The summed E-state index contributed by atoms with van der Waals surface area (Å²) in [6.45, 7) is 8.69. The SMILES string of the molecule is C[Si](C)(C)c1ccc(CNCC2(O)CCCC2)cc1. The van der Waals surface area contributed by atoms with E-state index in [0.29, 0.717) is 0 Å². The van der Waals surface area contributed by atoms with E-state index in [1.165, 1.54) is 23.6 Å². The third-order valence-corrected chi connectivity index (χ3v) is 6.20. The van der Waals surface area contributed by atoms with E-state index in [0.717, 1.165) is 25.9 Å². The molecule has 1 aromatic rings. The monoisotopic (exact) mass is 277 g/mol. The topological polar surface area (TPSA) is 32.3 Å². The lowest BCUT2D eigenvalue weighted by atomic mass is 10.0. The van der Waals surface area contributed by atoms with Crippen molar-refractivity contribution in [2.24, 2.45) is 0 Å². The van der Waals surface area contributed by atoms with Gasteiger partial charge in [-0.3, -0.25) is 0 Å². The van der Waals surface area contributed by atoms with Crippen LogP contribution in [0.25, 0.3) is 0 Å². The first-order valence-electron chi connectivity index (χ1n) is 7.42. The van der Waals surface area contributed by atoms with Crippen LogP contribution in [0.15, 0.2) is 24.3 Å². The first-order chi connectivity index (χ1) is 8.89. The first kappa shape index (κ1) is 14.8. The normalized spacial score (nSPS) is 18.7. The van der Waals surface area contributed by atoms with Crippen molar-refractivity contribution < 1.29 is 5.11 Å². The molecule has 1 aliphatic rings. The van der Waals surface area contributed by atoms with E-state index in [-0.39, 0.29) is 0 Å². The molecule has 0 spiro atoms. The van der Waals surface area contributed by atoms with E-state index in [9.17, 15) is 5.11 Å². The van der Waals surface area contributed by atoms with Gasteiger partial charge in [-0.25, -0.2) is 0 Å². The zero-order valence-corrected chi connectivity index (χ0v) is 13.5. The Morgan fingerprint density at radius 2 is 1.68 bits per heavy atom. The van der Waals surface area contributed by atoms with Gasteiger partial charge in [0.05, 0.1) is 13.7 Å². The van der Waals surface area contributed by atoms with E-state index < -0.39 is 13.7 Å². The highest BCUT2D eigenvalue weighted by atomic mass is 28.3. The van der Waals surface area contributed by atoms with Gasteiger partial charge in [-0.05, 0) is 18.4 Å². The average molecular weight is 277 g/mol. The van der Waals surface area contributed by atoms with Crippen molar-refractivity contribution in [2.75, 3.05) is 6.54 Å². The summed E-state index contributed by atoms with van der Waals surface area (Å²) in [5.41, 5.74) is 0.863. The van der Waals surface area contributed by atoms with Crippen LogP contribution in [0.4, 0.5) is 0 Å². The van der Waals surface area contributed by atoms with Crippen molar-refractivity contribution in [3.05, 3.63) is 29.8 Å². The molecule has 0 bridgehead atoms. The van der Waals surface area contributed by atoms with Gasteiger partial charge in [-0.2, -0.15) is 0 Å². The second-order valence-corrected chi connectivity index (χ2v) is 12.1. The standard InChI is InChI=1S/C16H27NOSi/c1-19(2,3)15-8-6-14(7-9-15)12-17-13-16(18)10-4-5-11-16/h6-9,17-18H,4-5,10-13H2,1-3H3. The third-order valence-electron chi connectivity index (χ3n) is 4.14. The molecule has 1 saturated carbocycles. The van der Waals surface area contributed by atoms with Gasteiger partial charge in [0.2, 0.25) is 0 Å². The Morgan fingerprint density at radius 1 is 1.11 bits per heavy atom. The average Bonchev–Trinajstić information content (AvgIpc) is 2.76. The second-order valence-electron chi connectivity index (χ2n) is 6.98. The molecule has 19 heavy (non-hydrogen) atoms. The number of nitrogens with one attached hydrogen (secondary N) is 1. The minimum atomic E-state index is -1.18. The predicted molar refractivity (Wildman–Crippen MR) is 84.5 cm³/mol.